The van der Waals surface area contributed by atoms with Gasteiger partial charge in [-0.2, -0.15) is 0 Å². The Kier molecular flexibility index (Phi) is 4.72. The van der Waals surface area contributed by atoms with Crippen molar-refractivity contribution >= 4 is 11.4 Å². The van der Waals surface area contributed by atoms with Crippen molar-refractivity contribution in [1.82, 2.24) is 0 Å². The van der Waals surface area contributed by atoms with Crippen molar-refractivity contribution in [3.05, 3.63) is 33.9 Å². The summed E-state index contributed by atoms with van der Waals surface area (Å²) in [7, 11) is 0. The Balaban J connectivity index is 2.80. The Morgan fingerprint density at radius 3 is 2.81 bits per heavy atom. The topological polar surface area (TPSA) is 75.4 Å². The fraction of sp³-hybridized carbons (Fsp3) is 0.455. The van der Waals surface area contributed by atoms with E-state index in [2.05, 4.69) is 5.32 Å². The van der Waals surface area contributed by atoms with Gasteiger partial charge in [-0.25, -0.2) is 0 Å². The fourth-order valence-electron chi connectivity index (χ4n) is 1.46. The number of aliphatic hydroxyl groups excluding tert-OH is 1. The van der Waals surface area contributed by atoms with E-state index in [4.69, 9.17) is 5.11 Å². The predicted octanol–water partition coefficient (Wildman–Crippen LogP) is 1.95. The summed E-state index contributed by atoms with van der Waals surface area (Å²) in [6, 6.07) is 4.79. The number of benzene rings is 1. The van der Waals surface area contributed by atoms with Gasteiger partial charge < -0.3 is 10.4 Å². The van der Waals surface area contributed by atoms with E-state index in [1.54, 1.807) is 12.1 Å². The highest BCUT2D eigenvalue weighted by atomic mass is 16.6. The lowest BCUT2D eigenvalue weighted by Gasteiger charge is -2.09. The minimum Gasteiger partial charge on any atom is -0.396 e. The Morgan fingerprint density at radius 2 is 2.25 bits per heavy atom. The second-order valence-corrected chi connectivity index (χ2v) is 3.46. The maximum absolute atomic E-state index is 10.6. The largest absolute Gasteiger partial charge is 0.396 e. The van der Waals surface area contributed by atoms with E-state index in [9.17, 15) is 10.1 Å². The summed E-state index contributed by atoms with van der Waals surface area (Å²) < 4.78 is 0. The molecule has 16 heavy (non-hydrogen) atoms. The number of aliphatic hydroxyl groups is 1. The molecule has 0 amide bonds. The number of anilines is 1. The minimum absolute atomic E-state index is 0.115. The molecular formula is C11H16N2O3. The van der Waals surface area contributed by atoms with E-state index in [-0.39, 0.29) is 12.3 Å². The Labute approximate surface area is 94.3 Å². The van der Waals surface area contributed by atoms with E-state index in [0.29, 0.717) is 13.0 Å². The second kappa shape index (κ2) is 6.07. The molecule has 0 unspecified atom stereocenters. The molecule has 0 heterocycles. The van der Waals surface area contributed by atoms with Gasteiger partial charge in [0.05, 0.1) is 4.92 Å². The highest BCUT2D eigenvalue weighted by Gasteiger charge is 2.08. The lowest BCUT2D eigenvalue weighted by Crippen LogP contribution is -2.05. The molecule has 0 radical (unpaired) electrons. The number of rotatable bonds is 6. The molecule has 1 aromatic rings. The molecule has 0 bridgehead atoms. The number of nitro groups is 1. The van der Waals surface area contributed by atoms with E-state index in [0.717, 1.165) is 17.7 Å². The number of nitrogens with one attached hydrogen (secondary N) is 1. The van der Waals surface area contributed by atoms with E-state index in [1.807, 2.05) is 6.92 Å². The SMILES string of the molecule is CCc1cc([N+](=O)[O-])ccc1NCCCO. The normalized spacial score (nSPS) is 10.1. The van der Waals surface area contributed by atoms with Crippen LogP contribution in [0.3, 0.4) is 0 Å². The lowest BCUT2D eigenvalue weighted by molar-refractivity contribution is -0.384. The quantitative estimate of drug-likeness (QED) is 0.440. The van der Waals surface area contributed by atoms with Crippen molar-refractivity contribution in [2.24, 2.45) is 0 Å². The molecule has 1 rings (SSSR count). The van der Waals surface area contributed by atoms with Crippen molar-refractivity contribution in [2.75, 3.05) is 18.5 Å². The number of nitrogens with zero attached hydrogens (tertiary/aromatic N) is 1. The average molecular weight is 224 g/mol. The van der Waals surface area contributed by atoms with Crippen LogP contribution in [0.5, 0.6) is 0 Å². The second-order valence-electron chi connectivity index (χ2n) is 3.46. The van der Waals surface area contributed by atoms with Gasteiger partial charge in [0.15, 0.2) is 0 Å². The van der Waals surface area contributed by atoms with Crippen molar-refractivity contribution in [1.29, 1.82) is 0 Å². The van der Waals surface area contributed by atoms with Gasteiger partial charge in [0.25, 0.3) is 5.69 Å². The molecule has 0 saturated heterocycles. The van der Waals surface area contributed by atoms with E-state index >= 15 is 0 Å². The third-order valence-corrected chi connectivity index (χ3v) is 2.33. The van der Waals surface area contributed by atoms with Gasteiger partial charge in [0.1, 0.15) is 0 Å². The first-order valence-electron chi connectivity index (χ1n) is 5.31. The monoisotopic (exact) mass is 224 g/mol. The maximum Gasteiger partial charge on any atom is 0.269 e. The predicted molar refractivity (Wildman–Crippen MR) is 62.7 cm³/mol. The first kappa shape index (κ1) is 12.4. The molecule has 5 nitrogen and oxygen atoms in total. The van der Waals surface area contributed by atoms with Crippen LogP contribution in [0.1, 0.15) is 18.9 Å². The fourth-order valence-corrected chi connectivity index (χ4v) is 1.46. The molecule has 5 heteroatoms. The summed E-state index contributed by atoms with van der Waals surface area (Å²) in [6.45, 7) is 2.76. The molecule has 2 N–H and O–H groups in total. The minimum atomic E-state index is -0.392. The first-order chi connectivity index (χ1) is 7.69. The third kappa shape index (κ3) is 3.20. The van der Waals surface area contributed by atoms with Crippen molar-refractivity contribution in [3.63, 3.8) is 0 Å². The van der Waals surface area contributed by atoms with E-state index < -0.39 is 4.92 Å². The number of non-ortho nitro benzene ring substituents is 1. The third-order valence-electron chi connectivity index (χ3n) is 2.33. The Hall–Kier alpha value is -1.62. The summed E-state index contributed by atoms with van der Waals surface area (Å²) in [4.78, 5) is 10.2. The van der Waals surface area contributed by atoms with Crippen LogP contribution in [0.2, 0.25) is 0 Å². The number of aryl methyl sites for hydroxylation is 1. The Bertz CT molecular complexity index is 366. The molecule has 0 aliphatic heterocycles. The molecule has 0 aromatic heterocycles. The van der Waals surface area contributed by atoms with Crippen molar-refractivity contribution in [2.45, 2.75) is 19.8 Å². The van der Waals surface area contributed by atoms with Crippen LogP contribution in [0.4, 0.5) is 11.4 Å². The van der Waals surface area contributed by atoms with Crippen LogP contribution < -0.4 is 5.32 Å². The van der Waals surface area contributed by atoms with Crippen LogP contribution in [0.25, 0.3) is 0 Å². The molecule has 0 saturated carbocycles. The summed E-state index contributed by atoms with van der Waals surface area (Å²) in [6.07, 6.45) is 1.41. The summed E-state index contributed by atoms with van der Waals surface area (Å²) in [5, 5.41) is 22.4. The van der Waals surface area contributed by atoms with Crippen molar-refractivity contribution < 1.29 is 10.0 Å². The van der Waals surface area contributed by atoms with Gasteiger partial charge in [-0.3, -0.25) is 10.1 Å². The van der Waals surface area contributed by atoms with Crippen LogP contribution >= 0.6 is 0 Å². The molecule has 0 aliphatic rings. The molecular weight excluding hydrogens is 208 g/mol. The first-order valence-corrected chi connectivity index (χ1v) is 5.31. The molecule has 1 aromatic carbocycles. The Morgan fingerprint density at radius 1 is 1.50 bits per heavy atom. The van der Waals surface area contributed by atoms with Crippen LogP contribution in [0, 0.1) is 10.1 Å². The lowest BCUT2D eigenvalue weighted by atomic mass is 10.1. The zero-order chi connectivity index (χ0) is 12.0. The summed E-state index contributed by atoms with van der Waals surface area (Å²) >= 11 is 0. The van der Waals surface area contributed by atoms with Crippen LogP contribution in [-0.2, 0) is 6.42 Å². The van der Waals surface area contributed by atoms with Gasteiger partial charge in [0, 0.05) is 31.0 Å². The van der Waals surface area contributed by atoms with E-state index in [1.165, 1.54) is 6.07 Å². The molecule has 88 valence electrons. The summed E-state index contributed by atoms with van der Waals surface area (Å²) in [5.74, 6) is 0. The van der Waals surface area contributed by atoms with Gasteiger partial charge in [-0.05, 0) is 24.5 Å². The zero-order valence-electron chi connectivity index (χ0n) is 9.27. The molecule has 0 spiro atoms. The van der Waals surface area contributed by atoms with Crippen LogP contribution in [0.15, 0.2) is 18.2 Å². The number of nitro benzene ring substituents is 1. The van der Waals surface area contributed by atoms with Gasteiger partial charge in [0.2, 0.25) is 0 Å². The number of hydrogen-bond donors (Lipinski definition) is 2. The molecule has 0 atom stereocenters. The van der Waals surface area contributed by atoms with Gasteiger partial charge in [-0.15, -0.1) is 0 Å². The molecule has 0 fully saturated rings. The average Bonchev–Trinajstić information content (AvgIpc) is 2.29. The molecule has 0 aliphatic carbocycles. The van der Waals surface area contributed by atoms with Gasteiger partial charge >= 0.3 is 0 Å². The summed E-state index contributed by atoms with van der Waals surface area (Å²) in [5.41, 5.74) is 1.94. The van der Waals surface area contributed by atoms with Crippen molar-refractivity contribution in [3.8, 4) is 0 Å². The smallest absolute Gasteiger partial charge is 0.269 e. The highest BCUT2D eigenvalue weighted by Crippen LogP contribution is 2.22. The maximum atomic E-state index is 10.6. The zero-order valence-corrected chi connectivity index (χ0v) is 9.27. The van der Waals surface area contributed by atoms with Gasteiger partial charge in [-0.1, -0.05) is 6.92 Å². The standard InChI is InChI=1S/C11H16N2O3/c1-2-9-8-10(13(15)16)4-5-11(9)12-6-3-7-14/h4-5,8,12,14H,2-3,6-7H2,1H3. The highest BCUT2D eigenvalue weighted by molar-refractivity contribution is 5.56. The number of hydrogen-bond acceptors (Lipinski definition) is 4. The van der Waals surface area contributed by atoms with Crippen LogP contribution in [-0.4, -0.2) is 23.2 Å².